The van der Waals surface area contributed by atoms with Gasteiger partial charge < -0.3 is 20.1 Å². The number of nitrogens with zero attached hydrogens (tertiary/aromatic N) is 2. The summed E-state index contributed by atoms with van der Waals surface area (Å²) in [7, 11) is 3.19. The Bertz CT molecular complexity index is 947. The van der Waals surface area contributed by atoms with E-state index in [9.17, 15) is 9.59 Å². The Balaban J connectivity index is 1.50. The number of rotatable bonds is 8. The molecule has 1 aliphatic heterocycles. The number of amides is 2. The molecule has 1 heterocycles. The molecule has 0 unspecified atom stereocenters. The van der Waals surface area contributed by atoms with Crippen molar-refractivity contribution in [1.82, 2.24) is 9.80 Å². The summed E-state index contributed by atoms with van der Waals surface area (Å²) in [5.41, 5.74) is 1.17. The minimum Gasteiger partial charge on any atom is -0.497 e. The fraction of sp³-hybridized carbons (Fsp3) is 0.417. The molecule has 2 amide bonds. The molecule has 1 aliphatic rings. The minimum atomic E-state index is -0.250. The maximum Gasteiger partial charge on any atom is 0.238 e. The molecule has 0 aromatic heterocycles. The van der Waals surface area contributed by atoms with E-state index in [0.717, 1.165) is 0 Å². The first-order valence-electron chi connectivity index (χ1n) is 10.6. The number of nitrogens with one attached hydrogen (secondary N) is 2. The van der Waals surface area contributed by atoms with Crippen LogP contribution in [0.5, 0.6) is 11.5 Å². The van der Waals surface area contributed by atoms with E-state index in [1.54, 1.807) is 26.4 Å². The third kappa shape index (κ3) is 6.45. The van der Waals surface area contributed by atoms with Crippen LogP contribution in [-0.4, -0.2) is 74.1 Å². The predicted octanol–water partition coefficient (Wildman–Crippen LogP) is 2.68. The molecule has 0 atom stereocenters. The monoisotopic (exact) mass is 440 g/mol. The molecule has 0 saturated carbocycles. The standard InChI is InChI=1S/C24H32N4O4/c1-24(2)17-27(15-22(29)25-18-7-5-9-20(13-18)31-3)11-12-28(24)16-23(30)26-19-8-6-10-21(14-19)32-4/h5-10,13-14H,11-12,15-17H2,1-4H3,(H,25,29)(H,26,30). The Morgan fingerprint density at radius 2 is 1.41 bits per heavy atom. The smallest absolute Gasteiger partial charge is 0.238 e. The Morgan fingerprint density at radius 1 is 0.875 bits per heavy atom. The van der Waals surface area contributed by atoms with Gasteiger partial charge >= 0.3 is 0 Å². The molecule has 0 bridgehead atoms. The van der Waals surface area contributed by atoms with Crippen molar-refractivity contribution in [2.24, 2.45) is 0 Å². The van der Waals surface area contributed by atoms with Crippen molar-refractivity contribution in [2.45, 2.75) is 19.4 Å². The number of carbonyl (C=O) groups is 2. The SMILES string of the molecule is COc1cccc(NC(=O)CN2CCN(CC(=O)Nc3cccc(OC)c3)C(C)(C)C2)c1. The van der Waals surface area contributed by atoms with E-state index in [2.05, 4.69) is 34.3 Å². The second-order valence-electron chi connectivity index (χ2n) is 8.50. The van der Waals surface area contributed by atoms with Crippen molar-refractivity contribution in [1.29, 1.82) is 0 Å². The fourth-order valence-corrected chi connectivity index (χ4v) is 3.90. The Morgan fingerprint density at radius 3 is 1.91 bits per heavy atom. The second kappa shape index (κ2) is 10.5. The number of methoxy groups -OCH3 is 2. The van der Waals surface area contributed by atoms with Crippen LogP contribution in [0.1, 0.15) is 13.8 Å². The number of hydrogen-bond donors (Lipinski definition) is 2. The minimum absolute atomic E-state index is 0.0710. The molecule has 3 rings (SSSR count). The first-order chi connectivity index (χ1) is 15.3. The van der Waals surface area contributed by atoms with E-state index in [1.165, 1.54) is 0 Å². The Hall–Kier alpha value is -3.10. The van der Waals surface area contributed by atoms with Crippen LogP contribution in [0.25, 0.3) is 0 Å². The van der Waals surface area contributed by atoms with Gasteiger partial charge in [0.2, 0.25) is 11.8 Å². The summed E-state index contributed by atoms with van der Waals surface area (Å²) in [5, 5.41) is 5.86. The van der Waals surface area contributed by atoms with Gasteiger partial charge in [-0.05, 0) is 38.1 Å². The predicted molar refractivity (Wildman–Crippen MR) is 125 cm³/mol. The van der Waals surface area contributed by atoms with Crippen molar-refractivity contribution in [3.05, 3.63) is 48.5 Å². The quantitative estimate of drug-likeness (QED) is 0.657. The van der Waals surface area contributed by atoms with Gasteiger partial charge in [0.05, 0.1) is 27.3 Å². The molecule has 2 aromatic carbocycles. The lowest BCUT2D eigenvalue weighted by molar-refractivity contribution is -0.122. The normalized spacial score (nSPS) is 16.2. The molecule has 32 heavy (non-hydrogen) atoms. The number of anilines is 2. The third-order valence-corrected chi connectivity index (χ3v) is 5.56. The average Bonchev–Trinajstić information content (AvgIpc) is 2.75. The van der Waals surface area contributed by atoms with E-state index in [1.807, 2.05) is 36.4 Å². The third-order valence-electron chi connectivity index (χ3n) is 5.56. The summed E-state index contributed by atoms with van der Waals surface area (Å²) < 4.78 is 10.4. The highest BCUT2D eigenvalue weighted by molar-refractivity contribution is 5.93. The average molecular weight is 441 g/mol. The molecule has 8 heteroatoms. The highest BCUT2D eigenvalue weighted by Gasteiger charge is 2.35. The van der Waals surface area contributed by atoms with Crippen LogP contribution in [0.15, 0.2) is 48.5 Å². The van der Waals surface area contributed by atoms with Crippen LogP contribution < -0.4 is 20.1 Å². The van der Waals surface area contributed by atoms with E-state index in [-0.39, 0.29) is 23.9 Å². The second-order valence-corrected chi connectivity index (χ2v) is 8.50. The molecule has 2 N–H and O–H groups in total. The summed E-state index contributed by atoms with van der Waals surface area (Å²) >= 11 is 0. The van der Waals surface area contributed by atoms with Gasteiger partial charge in [-0.1, -0.05) is 12.1 Å². The van der Waals surface area contributed by atoms with Gasteiger partial charge in [0.25, 0.3) is 0 Å². The number of benzene rings is 2. The number of carbonyl (C=O) groups excluding carboxylic acids is 2. The largest absolute Gasteiger partial charge is 0.497 e. The van der Waals surface area contributed by atoms with Gasteiger partial charge in [-0.2, -0.15) is 0 Å². The first kappa shape index (κ1) is 23.6. The fourth-order valence-electron chi connectivity index (χ4n) is 3.90. The molecular formula is C24H32N4O4. The van der Waals surface area contributed by atoms with Crippen molar-refractivity contribution >= 4 is 23.2 Å². The van der Waals surface area contributed by atoms with Crippen molar-refractivity contribution in [3.63, 3.8) is 0 Å². The molecule has 172 valence electrons. The van der Waals surface area contributed by atoms with Crippen LogP contribution in [-0.2, 0) is 9.59 Å². The summed E-state index contributed by atoms with van der Waals surface area (Å²) in [6, 6.07) is 14.6. The van der Waals surface area contributed by atoms with E-state index in [0.29, 0.717) is 49.1 Å². The molecular weight excluding hydrogens is 408 g/mol. The first-order valence-corrected chi connectivity index (χ1v) is 10.6. The van der Waals surface area contributed by atoms with Crippen LogP contribution >= 0.6 is 0 Å². The maximum atomic E-state index is 12.6. The van der Waals surface area contributed by atoms with Gasteiger partial charge in [-0.3, -0.25) is 19.4 Å². The maximum absolute atomic E-state index is 12.6. The molecule has 0 aliphatic carbocycles. The van der Waals surface area contributed by atoms with Gasteiger partial charge in [0, 0.05) is 48.7 Å². The van der Waals surface area contributed by atoms with Gasteiger partial charge in [0.1, 0.15) is 11.5 Å². The molecule has 2 aromatic rings. The van der Waals surface area contributed by atoms with Gasteiger partial charge in [0.15, 0.2) is 0 Å². The van der Waals surface area contributed by atoms with E-state index >= 15 is 0 Å². The zero-order valence-electron chi connectivity index (χ0n) is 19.2. The highest BCUT2D eigenvalue weighted by atomic mass is 16.5. The van der Waals surface area contributed by atoms with Gasteiger partial charge in [-0.25, -0.2) is 0 Å². The number of hydrogen-bond acceptors (Lipinski definition) is 6. The Labute approximate surface area is 189 Å². The van der Waals surface area contributed by atoms with Crippen molar-refractivity contribution in [3.8, 4) is 11.5 Å². The topological polar surface area (TPSA) is 83.1 Å². The molecule has 0 radical (unpaired) electrons. The molecule has 1 fully saturated rings. The Kier molecular flexibility index (Phi) is 7.71. The van der Waals surface area contributed by atoms with E-state index in [4.69, 9.17) is 9.47 Å². The van der Waals surface area contributed by atoms with Crippen molar-refractivity contribution in [2.75, 3.05) is 57.6 Å². The van der Waals surface area contributed by atoms with Crippen LogP contribution in [0.3, 0.4) is 0 Å². The lowest BCUT2D eigenvalue weighted by Gasteiger charge is -2.46. The molecule has 0 spiro atoms. The zero-order valence-corrected chi connectivity index (χ0v) is 19.2. The van der Waals surface area contributed by atoms with Crippen molar-refractivity contribution < 1.29 is 19.1 Å². The zero-order chi connectivity index (χ0) is 23.1. The highest BCUT2D eigenvalue weighted by Crippen LogP contribution is 2.22. The number of ether oxygens (including phenoxy) is 2. The summed E-state index contributed by atoms with van der Waals surface area (Å²) in [5.74, 6) is 1.25. The van der Waals surface area contributed by atoms with Crippen LogP contribution in [0, 0.1) is 0 Å². The summed E-state index contributed by atoms with van der Waals surface area (Å²) in [6.45, 7) is 6.87. The lowest BCUT2D eigenvalue weighted by atomic mass is 9.98. The number of piperazine rings is 1. The van der Waals surface area contributed by atoms with E-state index < -0.39 is 0 Å². The van der Waals surface area contributed by atoms with Gasteiger partial charge in [-0.15, -0.1) is 0 Å². The molecule has 1 saturated heterocycles. The lowest BCUT2D eigenvalue weighted by Crippen LogP contribution is -2.61. The van der Waals surface area contributed by atoms with Crippen LogP contribution in [0.2, 0.25) is 0 Å². The summed E-state index contributed by atoms with van der Waals surface area (Å²) in [4.78, 5) is 29.4. The molecule has 8 nitrogen and oxygen atoms in total. The van der Waals surface area contributed by atoms with Crippen LogP contribution in [0.4, 0.5) is 11.4 Å². The summed E-state index contributed by atoms with van der Waals surface area (Å²) in [6.07, 6.45) is 0.